The Kier molecular flexibility index (Phi) is 6.61. The molecule has 0 bridgehead atoms. The molecule has 1 amide bonds. The smallest absolute Gasteiger partial charge is 0.471 e. The predicted octanol–water partition coefficient (Wildman–Crippen LogP) is 3.79. The first-order valence-electron chi connectivity index (χ1n) is 8.00. The molecule has 0 saturated heterocycles. The van der Waals surface area contributed by atoms with Crippen LogP contribution in [0.25, 0.3) is 0 Å². The van der Waals surface area contributed by atoms with E-state index in [2.05, 4.69) is 0 Å². The number of halogens is 4. The second-order valence-corrected chi connectivity index (χ2v) is 8.35. The van der Waals surface area contributed by atoms with E-state index in [0.717, 1.165) is 0 Å². The van der Waals surface area contributed by atoms with Crippen LogP contribution in [0, 0.1) is 0 Å². The van der Waals surface area contributed by atoms with Crippen molar-refractivity contribution in [2.75, 3.05) is 7.11 Å². The summed E-state index contributed by atoms with van der Waals surface area (Å²) in [4.78, 5) is 10.8. The van der Waals surface area contributed by atoms with Crippen molar-refractivity contribution in [1.29, 1.82) is 0 Å². The minimum Gasteiger partial charge on any atom is -0.497 e. The summed E-state index contributed by atoms with van der Waals surface area (Å²) >= 11 is 6.04. The number of sulfone groups is 1. The van der Waals surface area contributed by atoms with Gasteiger partial charge in [0.2, 0.25) is 9.84 Å². The lowest BCUT2D eigenvalue weighted by molar-refractivity contribution is -0.174. The van der Waals surface area contributed by atoms with E-state index >= 15 is 0 Å². The third-order valence-corrected chi connectivity index (χ3v) is 6.09. The van der Waals surface area contributed by atoms with Crippen molar-refractivity contribution in [3.63, 3.8) is 0 Å². The molecule has 2 rings (SSSR count). The summed E-state index contributed by atoms with van der Waals surface area (Å²) in [5.74, 6) is -1.61. The van der Waals surface area contributed by atoms with Crippen molar-refractivity contribution in [1.82, 2.24) is 5.32 Å². The highest BCUT2D eigenvalue weighted by atomic mass is 35.5. The molecule has 0 heterocycles. The van der Waals surface area contributed by atoms with Gasteiger partial charge in [-0.3, -0.25) is 4.79 Å². The molecule has 5 nitrogen and oxygen atoms in total. The molecule has 0 aromatic heterocycles. The first-order chi connectivity index (χ1) is 12.9. The Hall–Kier alpha value is -2.26. The molecule has 152 valence electrons. The van der Waals surface area contributed by atoms with Gasteiger partial charge >= 0.3 is 12.1 Å². The van der Waals surface area contributed by atoms with Crippen LogP contribution in [0.15, 0.2) is 52.3 Å². The molecular weight excluding hydrogens is 419 g/mol. The highest BCUT2D eigenvalue weighted by molar-refractivity contribution is 7.91. The first kappa shape index (κ1) is 22.0. The van der Waals surface area contributed by atoms with E-state index in [-0.39, 0.29) is 21.2 Å². The summed E-state index contributed by atoms with van der Waals surface area (Å²) in [7, 11) is -2.46. The Morgan fingerprint density at radius 1 is 1.18 bits per heavy atom. The Morgan fingerprint density at radius 2 is 1.79 bits per heavy atom. The van der Waals surface area contributed by atoms with E-state index in [1.807, 2.05) is 5.32 Å². The van der Waals surface area contributed by atoms with E-state index in [9.17, 15) is 26.4 Å². The number of nitrogens with one attached hydrogen (secondary N) is 1. The summed E-state index contributed by atoms with van der Waals surface area (Å²) in [5, 5.41) is 1.85. The second kappa shape index (κ2) is 8.40. The predicted molar refractivity (Wildman–Crippen MR) is 97.3 cm³/mol. The second-order valence-electron chi connectivity index (χ2n) is 6.02. The maximum atomic E-state index is 12.7. The van der Waals surface area contributed by atoms with Crippen LogP contribution in [0.4, 0.5) is 13.2 Å². The van der Waals surface area contributed by atoms with Gasteiger partial charge in [0.05, 0.1) is 21.9 Å². The van der Waals surface area contributed by atoms with Crippen molar-refractivity contribution in [2.24, 2.45) is 0 Å². The number of hydrogen-bond acceptors (Lipinski definition) is 4. The fourth-order valence-corrected chi connectivity index (χ4v) is 4.25. The van der Waals surface area contributed by atoms with E-state index in [1.54, 1.807) is 0 Å². The maximum Gasteiger partial charge on any atom is 0.471 e. The lowest BCUT2D eigenvalue weighted by Crippen LogP contribution is -2.42. The number of methoxy groups -OCH3 is 1. The van der Waals surface area contributed by atoms with Gasteiger partial charge in [-0.2, -0.15) is 13.2 Å². The maximum absolute atomic E-state index is 12.7. The third kappa shape index (κ3) is 5.17. The van der Waals surface area contributed by atoms with Gasteiger partial charge < -0.3 is 10.1 Å². The topological polar surface area (TPSA) is 72.5 Å². The molecule has 2 aromatic rings. The van der Waals surface area contributed by atoms with Gasteiger partial charge in [0.15, 0.2) is 0 Å². The van der Waals surface area contributed by atoms with E-state index in [1.165, 1.54) is 56.5 Å². The third-order valence-electron chi connectivity index (χ3n) is 3.84. The van der Waals surface area contributed by atoms with E-state index in [0.29, 0.717) is 11.3 Å². The molecule has 0 aliphatic rings. The molecule has 0 aliphatic carbocycles. The summed E-state index contributed by atoms with van der Waals surface area (Å²) in [6.07, 6.45) is -4.85. The van der Waals surface area contributed by atoms with Crippen LogP contribution in [0.1, 0.15) is 12.5 Å². The molecule has 0 radical (unpaired) electrons. The van der Waals surface area contributed by atoms with Crippen LogP contribution in [-0.4, -0.2) is 33.7 Å². The monoisotopic (exact) mass is 435 g/mol. The van der Waals surface area contributed by atoms with Crippen molar-refractivity contribution in [3.8, 4) is 5.75 Å². The Balaban J connectivity index is 2.16. The highest BCUT2D eigenvalue weighted by Gasteiger charge is 2.39. The number of hydrogen-bond donors (Lipinski definition) is 1. The molecule has 1 N–H and O–H groups in total. The van der Waals surface area contributed by atoms with Gasteiger partial charge in [0.1, 0.15) is 5.75 Å². The minimum atomic E-state index is -4.95. The summed E-state index contributed by atoms with van der Waals surface area (Å²) in [6.45, 7) is 1.42. The number of benzene rings is 2. The molecule has 1 unspecified atom stereocenters. The number of ether oxygens (including phenoxy) is 1. The van der Waals surface area contributed by atoms with Gasteiger partial charge in [0, 0.05) is 12.1 Å². The van der Waals surface area contributed by atoms with Gasteiger partial charge in [0.25, 0.3) is 0 Å². The zero-order valence-electron chi connectivity index (χ0n) is 14.9. The molecule has 2 aromatic carbocycles. The fraction of sp³-hybridized carbons (Fsp3) is 0.278. The average Bonchev–Trinajstić information content (AvgIpc) is 2.60. The molecular formula is C18H17ClF3NO4S. The van der Waals surface area contributed by atoms with Crippen molar-refractivity contribution < 1.29 is 31.1 Å². The fourth-order valence-electron chi connectivity index (χ4n) is 2.47. The summed E-state index contributed by atoms with van der Waals surface area (Å²) in [6, 6.07) is 9.02. The van der Waals surface area contributed by atoms with Gasteiger partial charge in [-0.15, -0.1) is 0 Å². The standard InChI is InChI=1S/C18H17ClF3NO4S/c1-11(23-17(24)18(20,21)22)9-12-3-6-14(7-4-12)28(25,26)16-8-5-13(27-2)10-15(16)19/h3-8,10-11H,9H2,1-2H3,(H,23,24). The minimum absolute atomic E-state index is 0.00640. The SMILES string of the molecule is COc1ccc(S(=O)(=O)c2ccc(CC(C)NC(=O)C(F)(F)F)cc2)c(Cl)c1. The normalized spacial score (nSPS) is 13.1. The Labute approximate surface area is 165 Å². The van der Waals surface area contributed by atoms with Crippen LogP contribution >= 0.6 is 11.6 Å². The van der Waals surface area contributed by atoms with Crippen LogP contribution < -0.4 is 10.1 Å². The average molecular weight is 436 g/mol. The molecule has 28 heavy (non-hydrogen) atoms. The number of rotatable bonds is 6. The number of alkyl halides is 3. The lowest BCUT2D eigenvalue weighted by Gasteiger charge is -2.15. The number of carbonyl (C=O) groups is 1. The highest BCUT2D eigenvalue weighted by Crippen LogP contribution is 2.30. The van der Waals surface area contributed by atoms with Gasteiger partial charge in [-0.25, -0.2) is 8.42 Å². The van der Waals surface area contributed by atoms with Crippen molar-refractivity contribution >= 4 is 27.3 Å². The zero-order chi connectivity index (χ0) is 21.1. The largest absolute Gasteiger partial charge is 0.497 e. The molecule has 10 heteroatoms. The van der Waals surface area contributed by atoms with Gasteiger partial charge in [-0.1, -0.05) is 23.7 Å². The van der Waals surface area contributed by atoms with Crippen molar-refractivity contribution in [2.45, 2.75) is 35.4 Å². The van der Waals surface area contributed by atoms with Crippen molar-refractivity contribution in [3.05, 3.63) is 53.1 Å². The van der Waals surface area contributed by atoms with Crippen LogP contribution in [0.5, 0.6) is 5.75 Å². The number of amides is 1. The Morgan fingerprint density at radius 3 is 2.29 bits per heavy atom. The first-order valence-corrected chi connectivity index (χ1v) is 9.86. The summed E-state index contributed by atoms with van der Waals surface area (Å²) < 4.78 is 67.3. The molecule has 0 fully saturated rings. The van der Waals surface area contributed by atoms with Crippen LogP contribution in [-0.2, 0) is 21.1 Å². The van der Waals surface area contributed by atoms with Gasteiger partial charge in [-0.05, 0) is 43.2 Å². The molecule has 1 atom stereocenters. The molecule has 0 aliphatic heterocycles. The lowest BCUT2D eigenvalue weighted by atomic mass is 10.1. The molecule has 0 spiro atoms. The number of carbonyl (C=O) groups excluding carboxylic acids is 1. The van der Waals surface area contributed by atoms with Crippen LogP contribution in [0.2, 0.25) is 5.02 Å². The van der Waals surface area contributed by atoms with E-state index in [4.69, 9.17) is 16.3 Å². The zero-order valence-corrected chi connectivity index (χ0v) is 16.5. The van der Waals surface area contributed by atoms with E-state index < -0.39 is 28.0 Å². The quantitative estimate of drug-likeness (QED) is 0.749. The summed E-state index contributed by atoms with van der Waals surface area (Å²) in [5.41, 5.74) is 0.565. The van der Waals surface area contributed by atoms with Crippen LogP contribution in [0.3, 0.4) is 0 Å². The molecule has 0 saturated carbocycles. The Bertz CT molecular complexity index is 960.